The minimum absolute atomic E-state index is 0.0146. The van der Waals surface area contributed by atoms with E-state index in [1.807, 2.05) is 0 Å². The molecule has 1 saturated heterocycles. The van der Waals surface area contributed by atoms with Crippen molar-refractivity contribution in [3.05, 3.63) is 12.2 Å². The van der Waals surface area contributed by atoms with Crippen LogP contribution in [-0.2, 0) is 19.1 Å². The minimum atomic E-state index is -2.20. The molecule has 3 atom stereocenters. The van der Waals surface area contributed by atoms with Crippen LogP contribution in [0.5, 0.6) is 0 Å². The fraction of sp³-hybridized carbons (Fsp3) is 0.579. The lowest BCUT2D eigenvalue weighted by atomic mass is 9.87. The maximum absolute atomic E-state index is 12.1. The zero-order chi connectivity index (χ0) is 25.4. The van der Waals surface area contributed by atoms with E-state index in [0.29, 0.717) is 0 Å². The molecule has 4 aliphatic rings. The highest BCUT2D eigenvalue weighted by Crippen LogP contribution is 2.44. The number of hydrogen-bond donors (Lipinski definition) is 7. The first-order chi connectivity index (χ1) is 16.5. The molecular weight excluding hydrogens is 466 g/mol. The number of imide groups is 1. The fourth-order valence-electron chi connectivity index (χ4n) is 4.59. The molecule has 0 saturated carbocycles. The molecule has 35 heavy (non-hydrogen) atoms. The molecule has 0 aromatic carbocycles. The Morgan fingerprint density at radius 3 is 2.57 bits per heavy atom. The molecule has 3 unspecified atom stereocenters. The molecule has 4 amide bonds. The fourth-order valence-corrected chi connectivity index (χ4v) is 4.59. The number of nitrogens with zero attached hydrogens (tertiary/aromatic N) is 4. The van der Waals surface area contributed by atoms with Crippen molar-refractivity contribution in [3.8, 4) is 0 Å². The van der Waals surface area contributed by atoms with Gasteiger partial charge in [0.15, 0.2) is 17.6 Å². The Labute approximate surface area is 199 Å². The van der Waals surface area contributed by atoms with E-state index < -0.39 is 47.3 Å². The Hall–Kier alpha value is -3.92. The number of carbonyl (C=O) groups is 4. The number of ether oxygens (including phenoxy) is 1. The summed E-state index contributed by atoms with van der Waals surface area (Å²) in [5.41, 5.74) is 10.3. The zero-order valence-electron chi connectivity index (χ0n) is 18.6. The van der Waals surface area contributed by atoms with Gasteiger partial charge in [0.25, 0.3) is 11.8 Å². The second kappa shape index (κ2) is 9.03. The molecule has 1 fully saturated rings. The zero-order valence-corrected chi connectivity index (χ0v) is 18.6. The van der Waals surface area contributed by atoms with Crippen LogP contribution in [0.15, 0.2) is 22.1 Å². The van der Waals surface area contributed by atoms with Crippen LogP contribution in [-0.4, -0.2) is 112 Å². The molecule has 1 spiro atoms. The molecule has 0 aromatic rings. The largest absolute Gasteiger partial charge is 0.447 e. The summed E-state index contributed by atoms with van der Waals surface area (Å²) in [6, 6.07) is -1.70. The van der Waals surface area contributed by atoms with Crippen molar-refractivity contribution in [1.82, 2.24) is 25.8 Å². The molecule has 0 radical (unpaired) electrons. The molecule has 9 N–H and O–H groups in total. The molecule has 4 aliphatic heterocycles. The quantitative estimate of drug-likeness (QED) is 0.0962. The average Bonchev–Trinajstić information content (AvgIpc) is 3.41. The van der Waals surface area contributed by atoms with Crippen molar-refractivity contribution in [2.24, 2.45) is 21.5 Å². The van der Waals surface area contributed by atoms with Crippen LogP contribution in [0.1, 0.15) is 12.8 Å². The molecular formula is C19H27N9O7. The number of rotatable bonds is 8. The monoisotopic (exact) mass is 493 g/mol. The number of aliphatic imine (C=N–C) groups is 2. The molecule has 4 rings (SSSR count). The molecule has 16 nitrogen and oxygen atoms in total. The lowest BCUT2D eigenvalue weighted by Crippen LogP contribution is -2.76. The number of nitrogens with two attached hydrogens (primary N) is 2. The van der Waals surface area contributed by atoms with Crippen LogP contribution in [0.4, 0.5) is 4.79 Å². The van der Waals surface area contributed by atoms with Gasteiger partial charge in [-0.2, -0.15) is 0 Å². The van der Waals surface area contributed by atoms with Gasteiger partial charge in [-0.25, -0.2) is 14.8 Å². The third kappa shape index (κ3) is 4.32. The van der Waals surface area contributed by atoms with Crippen LogP contribution >= 0.6 is 0 Å². The molecule has 4 heterocycles. The molecule has 190 valence electrons. The maximum Gasteiger partial charge on any atom is 0.407 e. The summed E-state index contributed by atoms with van der Waals surface area (Å²) in [7, 11) is 0. The van der Waals surface area contributed by atoms with Crippen molar-refractivity contribution in [2.75, 3.05) is 32.8 Å². The van der Waals surface area contributed by atoms with Gasteiger partial charge in [-0.3, -0.25) is 19.3 Å². The van der Waals surface area contributed by atoms with Gasteiger partial charge in [0.05, 0.1) is 0 Å². The summed E-state index contributed by atoms with van der Waals surface area (Å²) >= 11 is 0. The van der Waals surface area contributed by atoms with Gasteiger partial charge < -0.3 is 47.3 Å². The summed E-state index contributed by atoms with van der Waals surface area (Å²) in [6.07, 6.45) is 1.40. The van der Waals surface area contributed by atoms with Gasteiger partial charge in [0.2, 0.25) is 11.7 Å². The van der Waals surface area contributed by atoms with E-state index in [1.165, 1.54) is 4.90 Å². The SMILES string of the molecule is NC1=NC2C(COC(=O)NCCNC(=O)CCN3C(=O)C=CC3=O)N=C(N)N3CCC(O)(O)C23N1. The maximum atomic E-state index is 12.1. The van der Waals surface area contributed by atoms with Crippen LogP contribution in [0.25, 0.3) is 0 Å². The van der Waals surface area contributed by atoms with Crippen LogP contribution < -0.4 is 27.4 Å². The van der Waals surface area contributed by atoms with E-state index in [0.717, 1.165) is 17.1 Å². The van der Waals surface area contributed by atoms with Crippen molar-refractivity contribution >= 4 is 35.7 Å². The number of carbonyl (C=O) groups excluding carboxylic acids is 4. The smallest absolute Gasteiger partial charge is 0.407 e. The van der Waals surface area contributed by atoms with E-state index in [4.69, 9.17) is 16.2 Å². The van der Waals surface area contributed by atoms with Gasteiger partial charge in [0, 0.05) is 51.2 Å². The van der Waals surface area contributed by atoms with Gasteiger partial charge >= 0.3 is 6.09 Å². The predicted molar refractivity (Wildman–Crippen MR) is 118 cm³/mol. The molecule has 0 bridgehead atoms. The summed E-state index contributed by atoms with van der Waals surface area (Å²) in [4.78, 5) is 57.9. The van der Waals surface area contributed by atoms with E-state index >= 15 is 0 Å². The summed E-state index contributed by atoms with van der Waals surface area (Å²) in [6.45, 7) is 0.0526. The van der Waals surface area contributed by atoms with E-state index in [2.05, 4.69) is 25.9 Å². The Morgan fingerprint density at radius 1 is 1.17 bits per heavy atom. The van der Waals surface area contributed by atoms with Crippen LogP contribution in [0.3, 0.4) is 0 Å². The highest BCUT2D eigenvalue weighted by molar-refractivity contribution is 6.13. The first-order valence-electron chi connectivity index (χ1n) is 10.9. The summed E-state index contributed by atoms with van der Waals surface area (Å²) < 4.78 is 5.20. The average molecular weight is 493 g/mol. The van der Waals surface area contributed by atoms with Crippen molar-refractivity contribution in [3.63, 3.8) is 0 Å². The Balaban J connectivity index is 1.21. The van der Waals surface area contributed by atoms with Gasteiger partial charge in [0.1, 0.15) is 18.7 Å². The van der Waals surface area contributed by atoms with Gasteiger partial charge in [-0.05, 0) is 0 Å². The van der Waals surface area contributed by atoms with E-state index in [1.54, 1.807) is 0 Å². The molecule has 0 aromatic heterocycles. The standard InChI is InChI=1S/C19H27N9O7/c20-15-25-14-10(24-16(21)28-8-4-18(33,34)19(14,28)26-15)9-35-17(32)23-6-5-22-11(29)3-7-27-12(30)1-2-13(27)31/h1-2,10,14,33-34H,3-9H2,(H2,21,24)(H,22,29)(H,23,32)(H3,20,25,26). The molecule has 16 heteroatoms. The normalized spacial score (nSPS) is 28.2. The highest BCUT2D eigenvalue weighted by Gasteiger charge is 2.69. The third-order valence-corrected chi connectivity index (χ3v) is 6.25. The first-order valence-corrected chi connectivity index (χ1v) is 10.9. The lowest BCUT2D eigenvalue weighted by Gasteiger charge is -2.48. The number of guanidine groups is 2. The summed E-state index contributed by atoms with van der Waals surface area (Å²) in [5, 5.41) is 29.0. The third-order valence-electron chi connectivity index (χ3n) is 6.25. The lowest BCUT2D eigenvalue weighted by molar-refractivity contribution is -0.221. The summed E-state index contributed by atoms with van der Waals surface area (Å²) in [5.74, 6) is -3.51. The van der Waals surface area contributed by atoms with Gasteiger partial charge in [-0.1, -0.05) is 0 Å². The van der Waals surface area contributed by atoms with Crippen LogP contribution in [0, 0.1) is 0 Å². The second-order valence-electron chi connectivity index (χ2n) is 8.41. The van der Waals surface area contributed by atoms with Crippen molar-refractivity contribution in [2.45, 2.75) is 36.4 Å². The number of amides is 4. The van der Waals surface area contributed by atoms with Crippen LogP contribution in [0.2, 0.25) is 0 Å². The number of aliphatic hydroxyl groups is 2. The van der Waals surface area contributed by atoms with E-state index in [-0.39, 0.29) is 57.5 Å². The predicted octanol–water partition coefficient (Wildman–Crippen LogP) is -4.79. The van der Waals surface area contributed by atoms with Crippen molar-refractivity contribution in [1.29, 1.82) is 0 Å². The Morgan fingerprint density at radius 2 is 1.86 bits per heavy atom. The topological polar surface area (TPSA) is 237 Å². The number of hydrogen-bond acceptors (Lipinski definition) is 13. The number of alkyl carbamates (subject to hydrolysis) is 1. The minimum Gasteiger partial charge on any atom is -0.447 e. The Bertz CT molecular complexity index is 1010. The highest BCUT2D eigenvalue weighted by atomic mass is 16.5. The second-order valence-corrected chi connectivity index (χ2v) is 8.41. The Kier molecular flexibility index (Phi) is 6.25. The van der Waals surface area contributed by atoms with Crippen molar-refractivity contribution < 1.29 is 34.1 Å². The van der Waals surface area contributed by atoms with E-state index in [9.17, 15) is 29.4 Å². The first kappa shape index (κ1) is 24.2. The van der Waals surface area contributed by atoms with Gasteiger partial charge in [-0.15, -0.1) is 0 Å². The molecule has 0 aliphatic carbocycles. The number of nitrogens with one attached hydrogen (secondary N) is 3.